The summed E-state index contributed by atoms with van der Waals surface area (Å²) in [5.74, 6) is 1.65. The fourth-order valence-electron chi connectivity index (χ4n) is 3.01. The molecule has 0 saturated carbocycles. The molecule has 3 heterocycles. The molecule has 4 rings (SSSR count). The summed E-state index contributed by atoms with van der Waals surface area (Å²) >= 11 is 0. The Hall–Kier alpha value is -2.23. The molecular weight excluding hydrogens is 266 g/mol. The van der Waals surface area contributed by atoms with E-state index < -0.39 is 0 Å². The van der Waals surface area contributed by atoms with Gasteiger partial charge in [-0.1, -0.05) is 6.07 Å². The number of furan rings is 1. The topological polar surface area (TPSA) is 44.5 Å². The summed E-state index contributed by atoms with van der Waals surface area (Å²) in [6.07, 6.45) is 3.64. The van der Waals surface area contributed by atoms with Crippen molar-refractivity contribution in [2.75, 3.05) is 7.11 Å². The average Bonchev–Trinajstić information content (AvgIpc) is 2.92. The highest BCUT2D eigenvalue weighted by Gasteiger charge is 2.29. The Morgan fingerprint density at radius 2 is 2.05 bits per heavy atom. The molecule has 0 bridgehead atoms. The van der Waals surface area contributed by atoms with E-state index in [9.17, 15) is 0 Å². The number of methoxy groups -OCH3 is 1. The number of hydrogen-bond donors (Lipinski definition) is 0. The van der Waals surface area contributed by atoms with Crippen molar-refractivity contribution in [2.24, 2.45) is 0 Å². The van der Waals surface area contributed by atoms with E-state index in [2.05, 4.69) is 31.0 Å². The predicted octanol–water partition coefficient (Wildman–Crippen LogP) is 4.09. The maximum absolute atomic E-state index is 6.20. The quantitative estimate of drug-likeness (QED) is 0.674. The molecule has 0 fully saturated rings. The Morgan fingerprint density at radius 1 is 1.19 bits per heavy atom. The Morgan fingerprint density at radius 3 is 2.86 bits per heavy atom. The van der Waals surface area contributed by atoms with Crippen LogP contribution in [0, 0.1) is 0 Å². The first kappa shape index (κ1) is 12.5. The molecular formula is C17H17NO3. The van der Waals surface area contributed by atoms with E-state index in [0.29, 0.717) is 5.71 Å². The van der Waals surface area contributed by atoms with Gasteiger partial charge in [0.2, 0.25) is 5.71 Å². The van der Waals surface area contributed by atoms with E-state index in [1.165, 1.54) is 5.56 Å². The standard InChI is InChI=1S/C17H17NO3/c1-17(2)8-6-10-4-5-11-13(14(10)21-17)18-16-12(7-9-20-16)15(11)19-3/h4-5,7,9H,6,8H2,1-3H3. The molecule has 0 spiro atoms. The fourth-order valence-corrected chi connectivity index (χ4v) is 3.01. The lowest BCUT2D eigenvalue weighted by Crippen LogP contribution is -2.32. The maximum atomic E-state index is 6.20. The van der Waals surface area contributed by atoms with Crippen molar-refractivity contribution in [3.63, 3.8) is 0 Å². The van der Waals surface area contributed by atoms with Gasteiger partial charge >= 0.3 is 0 Å². The zero-order chi connectivity index (χ0) is 14.6. The van der Waals surface area contributed by atoms with E-state index in [1.54, 1.807) is 13.4 Å². The minimum absolute atomic E-state index is 0.172. The first-order chi connectivity index (χ1) is 10.1. The number of hydrogen-bond acceptors (Lipinski definition) is 4. The van der Waals surface area contributed by atoms with Crippen LogP contribution in [0.2, 0.25) is 0 Å². The third kappa shape index (κ3) is 1.78. The number of nitrogens with zero attached hydrogens (tertiary/aromatic N) is 1. The number of ether oxygens (including phenoxy) is 2. The van der Waals surface area contributed by atoms with E-state index in [1.807, 2.05) is 6.07 Å². The second kappa shape index (κ2) is 4.13. The number of benzene rings is 1. The summed E-state index contributed by atoms with van der Waals surface area (Å²) in [4.78, 5) is 4.65. The van der Waals surface area contributed by atoms with Gasteiger partial charge in [-0.25, -0.2) is 4.98 Å². The van der Waals surface area contributed by atoms with Crippen LogP contribution in [0.5, 0.6) is 11.5 Å². The van der Waals surface area contributed by atoms with Crippen LogP contribution in [0.1, 0.15) is 25.8 Å². The minimum atomic E-state index is -0.172. The van der Waals surface area contributed by atoms with Crippen LogP contribution in [0.4, 0.5) is 0 Å². The van der Waals surface area contributed by atoms with Gasteiger partial charge < -0.3 is 13.9 Å². The third-order valence-corrected chi connectivity index (χ3v) is 4.14. The summed E-state index contributed by atoms with van der Waals surface area (Å²) in [7, 11) is 1.67. The number of rotatable bonds is 1. The number of fused-ring (bicyclic) bond motifs is 4. The SMILES string of the molecule is COc1c2ccoc2nc2c3c(ccc12)CCC(C)(C)O3. The smallest absolute Gasteiger partial charge is 0.230 e. The van der Waals surface area contributed by atoms with Crippen LogP contribution in [0.3, 0.4) is 0 Å². The largest absolute Gasteiger partial charge is 0.495 e. The molecule has 0 aliphatic carbocycles. The lowest BCUT2D eigenvalue weighted by molar-refractivity contribution is 0.0866. The second-order valence-corrected chi connectivity index (χ2v) is 6.10. The fraction of sp³-hybridized carbons (Fsp3) is 0.353. The van der Waals surface area contributed by atoms with Crippen LogP contribution in [-0.2, 0) is 6.42 Å². The molecule has 0 radical (unpaired) electrons. The van der Waals surface area contributed by atoms with Crippen molar-refractivity contribution in [1.82, 2.24) is 4.98 Å². The lowest BCUT2D eigenvalue weighted by atomic mass is 9.93. The summed E-state index contributed by atoms with van der Waals surface area (Å²) in [5, 5.41) is 1.85. The molecule has 0 saturated heterocycles. The highest BCUT2D eigenvalue weighted by atomic mass is 16.5. The summed E-state index contributed by atoms with van der Waals surface area (Å²) in [6, 6.07) is 6.06. The van der Waals surface area contributed by atoms with Crippen LogP contribution < -0.4 is 9.47 Å². The van der Waals surface area contributed by atoms with Gasteiger partial charge in [0.1, 0.15) is 22.6 Å². The number of pyridine rings is 1. The summed E-state index contributed by atoms with van der Waals surface area (Å²) < 4.78 is 17.2. The van der Waals surface area contributed by atoms with Gasteiger partial charge in [0.15, 0.2) is 0 Å². The lowest BCUT2D eigenvalue weighted by Gasteiger charge is -2.33. The molecule has 1 aliphatic rings. The molecule has 108 valence electrons. The summed E-state index contributed by atoms with van der Waals surface area (Å²) in [5.41, 5.74) is 2.43. The highest BCUT2D eigenvalue weighted by Crippen LogP contribution is 2.42. The van der Waals surface area contributed by atoms with Crippen molar-refractivity contribution in [3.8, 4) is 11.5 Å². The molecule has 3 aromatic rings. The van der Waals surface area contributed by atoms with Crippen molar-refractivity contribution in [1.29, 1.82) is 0 Å². The van der Waals surface area contributed by atoms with Crippen LogP contribution in [0.15, 0.2) is 28.9 Å². The molecule has 0 N–H and O–H groups in total. The van der Waals surface area contributed by atoms with E-state index in [-0.39, 0.29) is 5.60 Å². The molecule has 4 nitrogen and oxygen atoms in total. The molecule has 0 amide bonds. The maximum Gasteiger partial charge on any atom is 0.230 e. The van der Waals surface area contributed by atoms with E-state index in [4.69, 9.17) is 13.9 Å². The minimum Gasteiger partial charge on any atom is -0.495 e. The Kier molecular flexibility index (Phi) is 2.46. The molecule has 0 unspecified atom stereocenters. The van der Waals surface area contributed by atoms with Crippen molar-refractivity contribution < 1.29 is 13.9 Å². The average molecular weight is 283 g/mol. The van der Waals surface area contributed by atoms with Crippen LogP contribution >= 0.6 is 0 Å². The second-order valence-electron chi connectivity index (χ2n) is 6.10. The van der Waals surface area contributed by atoms with Gasteiger partial charge in [0, 0.05) is 5.39 Å². The zero-order valence-corrected chi connectivity index (χ0v) is 12.4. The Labute approximate surface area is 122 Å². The van der Waals surface area contributed by atoms with E-state index >= 15 is 0 Å². The van der Waals surface area contributed by atoms with Crippen LogP contribution in [0.25, 0.3) is 22.0 Å². The van der Waals surface area contributed by atoms with Gasteiger partial charge in [-0.15, -0.1) is 0 Å². The summed E-state index contributed by atoms with van der Waals surface area (Å²) in [6.45, 7) is 4.22. The first-order valence-corrected chi connectivity index (χ1v) is 7.15. The first-order valence-electron chi connectivity index (χ1n) is 7.15. The highest BCUT2D eigenvalue weighted by molar-refractivity contribution is 6.02. The van der Waals surface area contributed by atoms with Gasteiger partial charge in [-0.2, -0.15) is 0 Å². The van der Waals surface area contributed by atoms with E-state index in [0.717, 1.165) is 40.6 Å². The van der Waals surface area contributed by atoms with Crippen LogP contribution in [-0.4, -0.2) is 17.7 Å². The van der Waals surface area contributed by atoms with Crippen molar-refractivity contribution >= 4 is 22.0 Å². The Balaban J connectivity index is 2.10. The van der Waals surface area contributed by atoms with Gasteiger partial charge in [0.25, 0.3) is 0 Å². The number of aryl methyl sites for hydroxylation is 1. The normalized spacial score (nSPS) is 16.7. The van der Waals surface area contributed by atoms with Gasteiger partial charge in [0.05, 0.1) is 18.8 Å². The van der Waals surface area contributed by atoms with Gasteiger partial charge in [-0.05, 0) is 44.4 Å². The molecule has 1 aromatic carbocycles. The zero-order valence-electron chi connectivity index (χ0n) is 12.4. The van der Waals surface area contributed by atoms with Crippen molar-refractivity contribution in [2.45, 2.75) is 32.3 Å². The predicted molar refractivity (Wildman–Crippen MR) is 81.1 cm³/mol. The molecule has 1 aliphatic heterocycles. The number of aromatic nitrogens is 1. The Bertz CT molecular complexity index is 848. The molecule has 2 aromatic heterocycles. The van der Waals surface area contributed by atoms with Crippen molar-refractivity contribution in [3.05, 3.63) is 30.0 Å². The third-order valence-electron chi connectivity index (χ3n) is 4.14. The molecule has 4 heteroatoms. The van der Waals surface area contributed by atoms with Gasteiger partial charge in [-0.3, -0.25) is 0 Å². The molecule has 0 atom stereocenters. The molecule has 21 heavy (non-hydrogen) atoms. The monoisotopic (exact) mass is 283 g/mol.